The third-order valence-electron chi connectivity index (χ3n) is 3.48. The van der Waals surface area contributed by atoms with Gasteiger partial charge in [-0.15, -0.1) is 5.10 Å². The van der Waals surface area contributed by atoms with E-state index in [0.29, 0.717) is 24.0 Å². The minimum absolute atomic E-state index is 0.158. The van der Waals surface area contributed by atoms with E-state index in [1.54, 1.807) is 18.5 Å². The minimum atomic E-state index is -0.350. The first-order valence-electron chi connectivity index (χ1n) is 7.81. The van der Waals surface area contributed by atoms with Crippen LogP contribution < -0.4 is 10.1 Å². The fraction of sp³-hybridized carbons (Fsp3) is 0.312. The summed E-state index contributed by atoms with van der Waals surface area (Å²) in [5, 5.41) is 14.5. The number of aromatic nitrogens is 5. The molecule has 0 aliphatic carbocycles. The van der Waals surface area contributed by atoms with Crippen molar-refractivity contribution >= 4 is 5.91 Å². The van der Waals surface area contributed by atoms with Gasteiger partial charge in [0.1, 0.15) is 5.75 Å². The first kappa shape index (κ1) is 16.6. The Bertz CT molecular complexity index is 868. The Kier molecular flexibility index (Phi) is 4.73. The van der Waals surface area contributed by atoms with Crippen LogP contribution in [0.4, 0.5) is 0 Å². The molecule has 0 bridgehead atoms. The van der Waals surface area contributed by atoms with Crippen LogP contribution in [0.2, 0.25) is 0 Å². The summed E-state index contributed by atoms with van der Waals surface area (Å²) in [5.41, 5.74) is 1.67. The highest BCUT2D eigenvalue weighted by Gasteiger charge is 2.18. The molecule has 1 N–H and O–H groups in total. The lowest BCUT2D eigenvalue weighted by molar-refractivity contribution is 0.0944. The van der Waals surface area contributed by atoms with Gasteiger partial charge in [0.2, 0.25) is 5.89 Å². The van der Waals surface area contributed by atoms with Crippen molar-refractivity contribution in [3.05, 3.63) is 47.4 Å². The van der Waals surface area contributed by atoms with Crippen LogP contribution >= 0.6 is 0 Å². The van der Waals surface area contributed by atoms with E-state index in [-0.39, 0.29) is 18.1 Å². The predicted molar refractivity (Wildman–Crippen MR) is 87.5 cm³/mol. The molecule has 0 fully saturated rings. The van der Waals surface area contributed by atoms with Crippen molar-refractivity contribution in [1.82, 2.24) is 30.5 Å². The van der Waals surface area contributed by atoms with Gasteiger partial charge in [0.15, 0.2) is 11.5 Å². The molecule has 0 aliphatic heterocycles. The predicted octanol–water partition coefficient (Wildman–Crippen LogP) is 1.60. The Hall–Kier alpha value is -3.23. The molecule has 0 aliphatic rings. The first-order valence-corrected chi connectivity index (χ1v) is 7.81. The van der Waals surface area contributed by atoms with E-state index in [4.69, 9.17) is 9.26 Å². The first-order chi connectivity index (χ1) is 12.1. The van der Waals surface area contributed by atoms with Gasteiger partial charge in [0.05, 0.1) is 24.5 Å². The molecular weight excluding hydrogens is 324 g/mol. The second-order valence-electron chi connectivity index (χ2n) is 5.27. The van der Waals surface area contributed by atoms with Crippen LogP contribution in [0.5, 0.6) is 5.75 Å². The van der Waals surface area contributed by atoms with E-state index in [0.717, 1.165) is 11.4 Å². The normalized spacial score (nSPS) is 10.7. The number of hydrogen-bond acceptors (Lipinski definition) is 7. The quantitative estimate of drug-likeness (QED) is 0.724. The van der Waals surface area contributed by atoms with Gasteiger partial charge < -0.3 is 14.6 Å². The van der Waals surface area contributed by atoms with Gasteiger partial charge >= 0.3 is 0 Å². The third-order valence-corrected chi connectivity index (χ3v) is 3.48. The van der Waals surface area contributed by atoms with Crippen LogP contribution in [0.1, 0.15) is 34.8 Å². The highest BCUT2D eigenvalue weighted by molar-refractivity contribution is 5.93. The number of rotatable bonds is 6. The fourth-order valence-electron chi connectivity index (χ4n) is 2.29. The molecular formula is C16H18N6O3. The van der Waals surface area contributed by atoms with E-state index >= 15 is 0 Å². The molecule has 3 rings (SSSR count). The molecule has 0 saturated heterocycles. The van der Waals surface area contributed by atoms with Crippen molar-refractivity contribution in [2.75, 3.05) is 6.61 Å². The van der Waals surface area contributed by atoms with E-state index in [2.05, 4.69) is 25.8 Å². The molecule has 0 spiro atoms. The van der Waals surface area contributed by atoms with Gasteiger partial charge in [-0.05, 0) is 38.1 Å². The second-order valence-corrected chi connectivity index (χ2v) is 5.27. The number of carbonyl (C=O) groups is 1. The smallest absolute Gasteiger partial charge is 0.274 e. The van der Waals surface area contributed by atoms with Crippen LogP contribution in [0.15, 0.2) is 28.8 Å². The molecule has 0 unspecified atom stereocenters. The van der Waals surface area contributed by atoms with Gasteiger partial charge in [0.25, 0.3) is 5.91 Å². The summed E-state index contributed by atoms with van der Waals surface area (Å²) in [7, 11) is 0. The van der Waals surface area contributed by atoms with Gasteiger partial charge in [0, 0.05) is 6.92 Å². The molecule has 9 heteroatoms. The lowest BCUT2D eigenvalue weighted by Crippen LogP contribution is -2.24. The van der Waals surface area contributed by atoms with Crippen molar-refractivity contribution in [2.45, 2.75) is 27.3 Å². The Balaban J connectivity index is 1.72. The summed E-state index contributed by atoms with van der Waals surface area (Å²) < 4.78 is 11.9. The van der Waals surface area contributed by atoms with Crippen molar-refractivity contribution in [3.63, 3.8) is 0 Å². The molecule has 1 amide bonds. The standard InChI is InChI=1S/C16H18N6O3/c1-4-24-13-7-5-12(6-8-13)22-10(2)15(19-21-22)16(23)17-9-14-18-11(3)25-20-14/h5-8H,4,9H2,1-3H3,(H,17,23). The SMILES string of the molecule is CCOc1ccc(-n2nnc(C(=O)NCc3noc(C)n3)c2C)cc1. The fourth-order valence-corrected chi connectivity index (χ4v) is 2.29. The van der Waals surface area contributed by atoms with Crippen LogP contribution in [0.25, 0.3) is 5.69 Å². The zero-order valence-corrected chi connectivity index (χ0v) is 14.2. The van der Waals surface area contributed by atoms with Crippen LogP contribution in [-0.2, 0) is 6.54 Å². The number of amides is 1. The third kappa shape index (κ3) is 3.65. The van der Waals surface area contributed by atoms with Crippen molar-refractivity contribution in [2.24, 2.45) is 0 Å². The number of hydrogen-bond donors (Lipinski definition) is 1. The van der Waals surface area contributed by atoms with E-state index in [1.807, 2.05) is 31.2 Å². The lowest BCUT2D eigenvalue weighted by atomic mass is 10.2. The Morgan fingerprint density at radius 3 is 2.68 bits per heavy atom. The maximum absolute atomic E-state index is 12.3. The molecule has 0 saturated carbocycles. The molecule has 0 radical (unpaired) electrons. The van der Waals surface area contributed by atoms with Gasteiger partial charge in [-0.3, -0.25) is 4.79 Å². The molecule has 2 aromatic heterocycles. The Morgan fingerprint density at radius 1 is 1.28 bits per heavy atom. The monoisotopic (exact) mass is 342 g/mol. The molecule has 2 heterocycles. The summed E-state index contributed by atoms with van der Waals surface area (Å²) in [4.78, 5) is 16.3. The van der Waals surface area contributed by atoms with Gasteiger partial charge in [-0.1, -0.05) is 10.4 Å². The average molecular weight is 342 g/mol. The van der Waals surface area contributed by atoms with Gasteiger partial charge in [-0.25, -0.2) is 4.68 Å². The van der Waals surface area contributed by atoms with Crippen molar-refractivity contribution in [1.29, 1.82) is 0 Å². The maximum Gasteiger partial charge on any atom is 0.274 e. The number of nitrogens with zero attached hydrogens (tertiary/aromatic N) is 5. The summed E-state index contributed by atoms with van der Waals surface area (Å²) in [6.45, 7) is 6.16. The Labute approximate surface area is 144 Å². The topological polar surface area (TPSA) is 108 Å². The summed E-state index contributed by atoms with van der Waals surface area (Å²) in [6, 6.07) is 7.41. The second kappa shape index (κ2) is 7.12. The molecule has 3 aromatic rings. The highest BCUT2D eigenvalue weighted by atomic mass is 16.5. The number of ether oxygens (including phenoxy) is 1. The molecule has 1 aromatic carbocycles. The Morgan fingerprint density at radius 2 is 2.04 bits per heavy atom. The highest BCUT2D eigenvalue weighted by Crippen LogP contribution is 2.17. The molecule has 0 atom stereocenters. The molecule has 25 heavy (non-hydrogen) atoms. The zero-order valence-electron chi connectivity index (χ0n) is 14.2. The van der Waals surface area contributed by atoms with Crippen molar-refractivity contribution in [3.8, 4) is 11.4 Å². The summed E-state index contributed by atoms with van der Waals surface area (Å²) in [6.07, 6.45) is 0. The van der Waals surface area contributed by atoms with E-state index < -0.39 is 0 Å². The lowest BCUT2D eigenvalue weighted by Gasteiger charge is -2.06. The number of nitrogens with one attached hydrogen (secondary N) is 1. The van der Waals surface area contributed by atoms with Crippen molar-refractivity contribution < 1.29 is 14.1 Å². The summed E-state index contributed by atoms with van der Waals surface area (Å²) >= 11 is 0. The van der Waals surface area contributed by atoms with Crippen LogP contribution in [0.3, 0.4) is 0 Å². The number of aryl methyl sites for hydroxylation is 1. The zero-order chi connectivity index (χ0) is 17.8. The van der Waals surface area contributed by atoms with E-state index in [1.165, 1.54) is 0 Å². The number of carbonyl (C=O) groups excluding carboxylic acids is 1. The van der Waals surface area contributed by atoms with E-state index in [9.17, 15) is 4.79 Å². The molecule has 130 valence electrons. The maximum atomic E-state index is 12.3. The minimum Gasteiger partial charge on any atom is -0.494 e. The largest absolute Gasteiger partial charge is 0.494 e. The summed E-state index contributed by atoms with van der Waals surface area (Å²) in [5.74, 6) is 1.28. The van der Waals surface area contributed by atoms with Gasteiger partial charge in [-0.2, -0.15) is 4.98 Å². The number of benzene rings is 1. The molecule has 9 nitrogen and oxygen atoms in total. The van der Waals surface area contributed by atoms with Crippen LogP contribution in [0, 0.1) is 13.8 Å². The van der Waals surface area contributed by atoms with Crippen LogP contribution in [-0.4, -0.2) is 37.6 Å². The average Bonchev–Trinajstić information content (AvgIpc) is 3.19.